The van der Waals surface area contributed by atoms with Crippen LogP contribution in [0.1, 0.15) is 10.4 Å². The highest BCUT2D eigenvalue weighted by molar-refractivity contribution is 6.05. The molecule has 0 aliphatic carbocycles. The summed E-state index contributed by atoms with van der Waals surface area (Å²) < 4.78 is 20.1. The standard InChI is InChI=1S/C24H25FN6O3/c1-34-11-10-30-6-8-31(9-7-30)24(33)14-12-15-19(13-16(14)25)28-21(20(15)26)22-23(32)29-18-5-3-2-4-17(18)27-22/h2-5,12-13,28H,6-11,26H2,1H3,(H,29,32). The summed E-state index contributed by atoms with van der Waals surface area (Å²) >= 11 is 0. The van der Waals surface area contributed by atoms with E-state index in [1.54, 1.807) is 30.2 Å². The number of H-pyrrole nitrogens is 2. The summed E-state index contributed by atoms with van der Waals surface area (Å²) in [5.74, 6) is -1.03. The average molecular weight is 465 g/mol. The number of nitrogens with zero attached hydrogens (tertiary/aromatic N) is 3. The highest BCUT2D eigenvalue weighted by atomic mass is 19.1. The minimum absolute atomic E-state index is 0.0459. The number of halogens is 1. The first-order valence-corrected chi connectivity index (χ1v) is 11.1. The minimum Gasteiger partial charge on any atom is -0.396 e. The SMILES string of the molecule is COCCN1CCN(C(=O)c2cc3c(N)c(-c4nc5ccccc5[nH]c4=O)[nH]c3cc2F)CC1. The van der Waals surface area contributed by atoms with Crippen molar-refractivity contribution in [2.75, 3.05) is 52.2 Å². The van der Waals surface area contributed by atoms with Crippen molar-refractivity contribution >= 4 is 33.5 Å². The number of aromatic nitrogens is 3. The lowest BCUT2D eigenvalue weighted by atomic mass is 10.1. The fourth-order valence-corrected chi connectivity index (χ4v) is 4.35. The molecule has 5 rings (SSSR count). The van der Waals surface area contributed by atoms with Gasteiger partial charge in [0.15, 0.2) is 5.69 Å². The molecular formula is C24H25FN6O3. The van der Waals surface area contributed by atoms with Crippen LogP contribution in [0.4, 0.5) is 10.1 Å². The number of carbonyl (C=O) groups is 1. The quantitative estimate of drug-likeness (QED) is 0.417. The molecule has 4 N–H and O–H groups in total. The second kappa shape index (κ2) is 8.88. The number of hydrogen-bond donors (Lipinski definition) is 3. The molecule has 3 heterocycles. The maximum absolute atomic E-state index is 15.0. The Morgan fingerprint density at radius 1 is 1.15 bits per heavy atom. The molecule has 0 radical (unpaired) electrons. The van der Waals surface area contributed by atoms with Crippen LogP contribution in [0.25, 0.3) is 33.3 Å². The molecule has 34 heavy (non-hydrogen) atoms. The molecule has 2 aromatic carbocycles. The molecule has 1 aliphatic heterocycles. The Morgan fingerprint density at radius 3 is 2.68 bits per heavy atom. The molecule has 0 saturated carbocycles. The van der Waals surface area contributed by atoms with E-state index in [1.165, 1.54) is 12.1 Å². The Bertz CT molecular complexity index is 1440. The number of anilines is 1. The third kappa shape index (κ3) is 3.91. The van der Waals surface area contributed by atoms with Gasteiger partial charge in [0, 0.05) is 45.2 Å². The molecular weight excluding hydrogens is 439 g/mol. The van der Waals surface area contributed by atoms with E-state index in [9.17, 15) is 14.0 Å². The lowest BCUT2D eigenvalue weighted by Gasteiger charge is -2.34. The molecule has 0 spiro atoms. The van der Waals surface area contributed by atoms with Crippen LogP contribution in [-0.4, -0.2) is 77.1 Å². The Balaban J connectivity index is 1.47. The summed E-state index contributed by atoms with van der Waals surface area (Å²) in [4.78, 5) is 39.9. The Labute approximate surface area is 194 Å². The van der Waals surface area contributed by atoms with Crippen molar-refractivity contribution in [1.82, 2.24) is 24.8 Å². The monoisotopic (exact) mass is 464 g/mol. The van der Waals surface area contributed by atoms with Crippen LogP contribution < -0.4 is 11.3 Å². The number of amides is 1. The van der Waals surface area contributed by atoms with Crippen molar-refractivity contribution in [1.29, 1.82) is 0 Å². The van der Waals surface area contributed by atoms with Gasteiger partial charge in [-0.2, -0.15) is 0 Å². The van der Waals surface area contributed by atoms with Gasteiger partial charge in [0.2, 0.25) is 0 Å². The van der Waals surface area contributed by atoms with Gasteiger partial charge in [-0.25, -0.2) is 9.37 Å². The average Bonchev–Trinajstić information content (AvgIpc) is 3.16. The molecule has 1 amide bonds. The number of piperazine rings is 1. The van der Waals surface area contributed by atoms with Crippen molar-refractivity contribution < 1.29 is 13.9 Å². The Morgan fingerprint density at radius 2 is 1.91 bits per heavy atom. The van der Waals surface area contributed by atoms with E-state index in [1.807, 2.05) is 6.07 Å². The zero-order valence-electron chi connectivity index (χ0n) is 18.7. The number of nitrogens with one attached hydrogen (secondary N) is 2. The zero-order valence-corrected chi connectivity index (χ0v) is 18.7. The number of carbonyl (C=O) groups excluding carboxylic acids is 1. The zero-order chi connectivity index (χ0) is 23.8. The Hall–Kier alpha value is -3.76. The molecule has 1 fully saturated rings. The van der Waals surface area contributed by atoms with E-state index in [0.717, 1.165) is 6.54 Å². The number of nitrogen functional groups attached to an aromatic ring is 1. The number of nitrogens with two attached hydrogens (primary N) is 1. The number of methoxy groups -OCH3 is 1. The topological polar surface area (TPSA) is 120 Å². The van der Waals surface area contributed by atoms with Gasteiger partial charge in [-0.15, -0.1) is 0 Å². The smallest absolute Gasteiger partial charge is 0.276 e. The van der Waals surface area contributed by atoms with Crippen LogP contribution in [0.2, 0.25) is 0 Å². The van der Waals surface area contributed by atoms with E-state index < -0.39 is 11.4 Å². The number of hydrogen-bond acceptors (Lipinski definition) is 6. The first-order chi connectivity index (χ1) is 16.5. The third-order valence-electron chi connectivity index (χ3n) is 6.26. The predicted molar refractivity (Wildman–Crippen MR) is 128 cm³/mol. The second-order valence-electron chi connectivity index (χ2n) is 8.35. The van der Waals surface area contributed by atoms with Crippen molar-refractivity contribution in [3.63, 3.8) is 0 Å². The molecule has 1 saturated heterocycles. The fraction of sp³-hybridized carbons (Fsp3) is 0.292. The summed E-state index contributed by atoms with van der Waals surface area (Å²) in [5, 5.41) is 0.466. The van der Waals surface area contributed by atoms with Gasteiger partial charge in [0.25, 0.3) is 11.5 Å². The number of para-hydroxylation sites is 2. The molecule has 176 valence electrons. The maximum Gasteiger partial charge on any atom is 0.276 e. The fourth-order valence-electron chi connectivity index (χ4n) is 4.35. The number of benzene rings is 2. The van der Waals surface area contributed by atoms with Gasteiger partial charge in [-0.3, -0.25) is 14.5 Å². The highest BCUT2D eigenvalue weighted by Crippen LogP contribution is 2.32. The van der Waals surface area contributed by atoms with Crippen LogP contribution in [-0.2, 0) is 4.74 Å². The van der Waals surface area contributed by atoms with Crippen LogP contribution in [0.3, 0.4) is 0 Å². The highest BCUT2D eigenvalue weighted by Gasteiger charge is 2.26. The third-order valence-corrected chi connectivity index (χ3v) is 6.26. The lowest BCUT2D eigenvalue weighted by molar-refractivity contribution is 0.0590. The molecule has 9 nitrogen and oxygen atoms in total. The molecule has 0 atom stereocenters. The summed E-state index contributed by atoms with van der Waals surface area (Å²) in [5.41, 5.74) is 8.12. The number of rotatable bonds is 5. The Kier molecular flexibility index (Phi) is 5.76. The van der Waals surface area contributed by atoms with Gasteiger partial charge in [0.05, 0.1) is 40.1 Å². The normalized spacial score (nSPS) is 14.8. The van der Waals surface area contributed by atoms with Crippen LogP contribution in [0.15, 0.2) is 41.2 Å². The van der Waals surface area contributed by atoms with Crippen molar-refractivity contribution in [3.8, 4) is 11.4 Å². The van der Waals surface area contributed by atoms with E-state index >= 15 is 0 Å². The number of aromatic amines is 2. The van der Waals surface area contributed by atoms with E-state index in [4.69, 9.17) is 10.5 Å². The second-order valence-corrected chi connectivity index (χ2v) is 8.35. The summed E-state index contributed by atoms with van der Waals surface area (Å²) in [6.45, 7) is 3.83. The van der Waals surface area contributed by atoms with E-state index in [-0.39, 0.29) is 28.5 Å². The predicted octanol–water partition coefficient (Wildman–Crippen LogP) is 2.20. The van der Waals surface area contributed by atoms with Crippen molar-refractivity contribution in [2.45, 2.75) is 0 Å². The minimum atomic E-state index is -0.646. The lowest BCUT2D eigenvalue weighted by Crippen LogP contribution is -2.49. The van der Waals surface area contributed by atoms with Gasteiger partial charge in [-0.1, -0.05) is 12.1 Å². The van der Waals surface area contributed by atoms with Crippen LogP contribution >= 0.6 is 0 Å². The molecule has 1 aliphatic rings. The first kappa shape index (κ1) is 22.1. The maximum atomic E-state index is 15.0. The van der Waals surface area contributed by atoms with E-state index in [2.05, 4.69) is 19.9 Å². The number of fused-ring (bicyclic) bond motifs is 2. The summed E-state index contributed by atoms with van der Waals surface area (Å²) in [6.07, 6.45) is 0. The van der Waals surface area contributed by atoms with Gasteiger partial charge in [-0.05, 0) is 24.3 Å². The summed E-state index contributed by atoms with van der Waals surface area (Å²) in [7, 11) is 1.66. The largest absolute Gasteiger partial charge is 0.396 e. The molecule has 0 unspecified atom stereocenters. The molecule has 0 bridgehead atoms. The molecule has 10 heteroatoms. The van der Waals surface area contributed by atoms with Gasteiger partial charge >= 0.3 is 0 Å². The first-order valence-electron chi connectivity index (χ1n) is 11.1. The van der Waals surface area contributed by atoms with Crippen molar-refractivity contribution in [3.05, 3.63) is 58.1 Å². The van der Waals surface area contributed by atoms with Crippen LogP contribution in [0.5, 0.6) is 0 Å². The molecule has 2 aromatic heterocycles. The molecule has 4 aromatic rings. The summed E-state index contributed by atoms with van der Waals surface area (Å²) in [6, 6.07) is 9.85. The van der Waals surface area contributed by atoms with Crippen molar-refractivity contribution in [2.24, 2.45) is 0 Å². The van der Waals surface area contributed by atoms with Gasteiger partial charge in [0.1, 0.15) is 5.82 Å². The number of ether oxygens (including phenoxy) is 1. The van der Waals surface area contributed by atoms with E-state index in [0.29, 0.717) is 54.7 Å². The van der Waals surface area contributed by atoms with Crippen LogP contribution in [0, 0.1) is 5.82 Å². The van der Waals surface area contributed by atoms with Gasteiger partial charge < -0.3 is 25.3 Å².